The van der Waals surface area contributed by atoms with E-state index in [4.69, 9.17) is 16.0 Å². The van der Waals surface area contributed by atoms with E-state index in [1.54, 1.807) is 30.3 Å². The van der Waals surface area contributed by atoms with Crippen LogP contribution < -0.4 is 10.2 Å². The van der Waals surface area contributed by atoms with Crippen molar-refractivity contribution in [1.82, 2.24) is 4.57 Å². The maximum absolute atomic E-state index is 12.6. The third-order valence-corrected chi connectivity index (χ3v) is 5.34. The number of aromatic nitrogens is 1. The summed E-state index contributed by atoms with van der Waals surface area (Å²) in [7, 11) is 0. The summed E-state index contributed by atoms with van der Waals surface area (Å²) in [5.41, 5.74) is 0.919. The Hall–Kier alpha value is -2.70. The number of benzene rings is 2. The summed E-state index contributed by atoms with van der Waals surface area (Å²) in [5, 5.41) is 0.982. The molecule has 2 aromatic heterocycles. The number of thiazole rings is 1. The predicted octanol–water partition coefficient (Wildman–Crippen LogP) is 4.22. The van der Waals surface area contributed by atoms with Crippen LogP contribution in [-0.4, -0.2) is 10.5 Å². The van der Waals surface area contributed by atoms with Gasteiger partial charge in [-0.2, -0.15) is 4.99 Å². The zero-order valence-electron chi connectivity index (χ0n) is 13.7. The zero-order valence-corrected chi connectivity index (χ0v) is 15.3. The van der Waals surface area contributed by atoms with E-state index >= 15 is 0 Å². The van der Waals surface area contributed by atoms with Crippen molar-refractivity contribution >= 4 is 50.0 Å². The first-order valence-corrected chi connectivity index (χ1v) is 9.16. The van der Waals surface area contributed by atoms with Gasteiger partial charge < -0.3 is 8.98 Å². The van der Waals surface area contributed by atoms with Crippen molar-refractivity contribution in [3.8, 4) is 0 Å². The predicted molar refractivity (Wildman–Crippen MR) is 103 cm³/mol. The minimum absolute atomic E-state index is 0.0816. The molecular weight excluding hydrogens is 372 g/mol. The van der Waals surface area contributed by atoms with Crippen LogP contribution in [0.15, 0.2) is 62.9 Å². The highest BCUT2D eigenvalue weighted by Gasteiger charge is 2.15. The molecule has 0 fully saturated rings. The van der Waals surface area contributed by atoms with Crippen LogP contribution in [0.5, 0.6) is 0 Å². The smallest absolute Gasteiger partial charge is 0.286 e. The molecule has 0 aliphatic rings. The van der Waals surface area contributed by atoms with Gasteiger partial charge in [-0.15, -0.1) is 0 Å². The largest absolute Gasteiger partial charge is 0.463 e. The first-order valence-electron chi connectivity index (χ1n) is 7.97. The fourth-order valence-corrected chi connectivity index (χ4v) is 4.18. The number of carbonyl (C=O) groups excluding carboxylic acids is 1. The Morgan fingerprint density at radius 1 is 1.27 bits per heavy atom. The Morgan fingerprint density at radius 3 is 2.88 bits per heavy atom. The lowest BCUT2D eigenvalue weighted by Crippen LogP contribution is -2.19. The van der Waals surface area contributed by atoms with Gasteiger partial charge in [-0.05, 0) is 37.3 Å². The van der Waals surface area contributed by atoms with Crippen LogP contribution >= 0.6 is 22.9 Å². The quantitative estimate of drug-likeness (QED) is 0.519. The highest BCUT2D eigenvalue weighted by Crippen LogP contribution is 2.22. The van der Waals surface area contributed by atoms with E-state index in [2.05, 4.69) is 4.99 Å². The number of aryl methyl sites for hydroxylation is 1. The Morgan fingerprint density at radius 2 is 2.08 bits per heavy atom. The van der Waals surface area contributed by atoms with Gasteiger partial charge in [0, 0.05) is 11.6 Å². The topological polar surface area (TPSA) is 64.6 Å². The van der Waals surface area contributed by atoms with Crippen molar-refractivity contribution < 1.29 is 9.21 Å². The molecule has 2 aromatic carbocycles. The summed E-state index contributed by atoms with van der Waals surface area (Å²) in [5.74, 6) is -0.621. The van der Waals surface area contributed by atoms with E-state index in [-0.39, 0.29) is 11.0 Å². The molecule has 0 aliphatic heterocycles. The summed E-state index contributed by atoms with van der Waals surface area (Å²) >= 11 is 7.40. The lowest BCUT2D eigenvalue weighted by molar-refractivity contribution is 0.0995. The SMILES string of the molecule is CCn1c(=NC(=O)c2coc3ccccc3c2=O)sc2cc(Cl)ccc21. The molecular formula is C19H13ClN2O3S. The van der Waals surface area contributed by atoms with Crippen LogP contribution in [0.3, 0.4) is 0 Å². The highest BCUT2D eigenvalue weighted by molar-refractivity contribution is 7.16. The summed E-state index contributed by atoms with van der Waals surface area (Å²) in [6.07, 6.45) is 1.18. The Labute approximate surface area is 156 Å². The maximum atomic E-state index is 12.6. The van der Waals surface area contributed by atoms with E-state index in [0.717, 1.165) is 10.2 Å². The van der Waals surface area contributed by atoms with E-state index < -0.39 is 5.91 Å². The van der Waals surface area contributed by atoms with Gasteiger partial charge in [0.15, 0.2) is 4.80 Å². The van der Waals surface area contributed by atoms with Crippen LogP contribution in [0, 0.1) is 0 Å². The molecule has 4 aromatic rings. The molecule has 4 rings (SSSR count). The Bertz CT molecular complexity index is 1280. The van der Waals surface area contributed by atoms with Crippen LogP contribution in [0.4, 0.5) is 0 Å². The molecule has 0 bridgehead atoms. The summed E-state index contributed by atoms with van der Waals surface area (Å²) < 4.78 is 8.25. The number of hydrogen-bond acceptors (Lipinski definition) is 4. The molecule has 1 amide bonds. The molecule has 7 heteroatoms. The van der Waals surface area contributed by atoms with E-state index in [1.165, 1.54) is 17.6 Å². The average molecular weight is 385 g/mol. The third kappa shape index (κ3) is 2.77. The number of para-hydroxylation sites is 1. The summed E-state index contributed by atoms with van der Waals surface area (Å²) in [4.78, 5) is 29.9. The van der Waals surface area contributed by atoms with Crippen molar-refractivity contribution in [1.29, 1.82) is 0 Å². The van der Waals surface area contributed by atoms with Gasteiger partial charge in [-0.3, -0.25) is 9.59 Å². The van der Waals surface area contributed by atoms with Crippen molar-refractivity contribution in [2.45, 2.75) is 13.5 Å². The van der Waals surface area contributed by atoms with Gasteiger partial charge in [0.05, 0.1) is 15.6 Å². The Balaban J connectivity index is 1.89. The highest BCUT2D eigenvalue weighted by atomic mass is 35.5. The average Bonchev–Trinajstić information content (AvgIpc) is 2.98. The molecule has 0 spiro atoms. The molecule has 0 N–H and O–H groups in total. The number of nitrogens with zero attached hydrogens (tertiary/aromatic N) is 2. The van der Waals surface area contributed by atoms with E-state index in [9.17, 15) is 9.59 Å². The number of halogens is 1. The molecule has 5 nitrogen and oxygen atoms in total. The molecule has 0 unspecified atom stereocenters. The van der Waals surface area contributed by atoms with Crippen LogP contribution in [-0.2, 0) is 6.54 Å². The van der Waals surface area contributed by atoms with Crippen molar-refractivity contribution in [2.24, 2.45) is 4.99 Å². The van der Waals surface area contributed by atoms with Crippen LogP contribution in [0.1, 0.15) is 17.3 Å². The summed E-state index contributed by atoms with van der Waals surface area (Å²) in [6, 6.07) is 12.3. The number of hydrogen-bond donors (Lipinski definition) is 0. The van der Waals surface area contributed by atoms with Gasteiger partial charge in [0.1, 0.15) is 17.4 Å². The number of amides is 1. The van der Waals surface area contributed by atoms with Gasteiger partial charge in [0.2, 0.25) is 5.43 Å². The normalized spacial score (nSPS) is 12.2. The molecule has 0 saturated carbocycles. The number of fused-ring (bicyclic) bond motifs is 2. The van der Waals surface area contributed by atoms with E-state index in [0.29, 0.717) is 27.3 Å². The van der Waals surface area contributed by atoms with Gasteiger partial charge in [-0.25, -0.2) is 0 Å². The zero-order chi connectivity index (χ0) is 18.3. The minimum Gasteiger partial charge on any atom is -0.463 e. The number of carbonyl (C=O) groups is 1. The lowest BCUT2D eigenvalue weighted by atomic mass is 10.2. The summed E-state index contributed by atoms with van der Waals surface area (Å²) in [6.45, 7) is 2.61. The maximum Gasteiger partial charge on any atom is 0.286 e. The molecule has 0 atom stereocenters. The van der Waals surface area contributed by atoms with Gasteiger partial charge >= 0.3 is 0 Å². The second kappa shape index (κ2) is 6.55. The first kappa shape index (κ1) is 16.8. The van der Waals surface area contributed by atoms with Crippen LogP contribution in [0.25, 0.3) is 21.2 Å². The fraction of sp³-hybridized carbons (Fsp3) is 0.105. The lowest BCUT2D eigenvalue weighted by Gasteiger charge is -2.00. The second-order valence-corrected chi connectivity index (χ2v) is 7.08. The monoisotopic (exact) mass is 384 g/mol. The Kier molecular flexibility index (Phi) is 4.22. The molecule has 0 radical (unpaired) electrons. The van der Waals surface area contributed by atoms with E-state index in [1.807, 2.05) is 23.6 Å². The first-order chi connectivity index (χ1) is 12.6. The van der Waals surface area contributed by atoms with Crippen molar-refractivity contribution in [2.75, 3.05) is 0 Å². The van der Waals surface area contributed by atoms with Gasteiger partial charge in [-0.1, -0.05) is 35.1 Å². The van der Waals surface area contributed by atoms with Crippen LogP contribution in [0.2, 0.25) is 5.02 Å². The molecule has 2 heterocycles. The van der Waals surface area contributed by atoms with Gasteiger partial charge in [0.25, 0.3) is 5.91 Å². The molecule has 130 valence electrons. The molecule has 0 saturated heterocycles. The molecule has 0 aliphatic carbocycles. The third-order valence-electron chi connectivity index (χ3n) is 4.07. The number of rotatable bonds is 2. The minimum atomic E-state index is -0.621. The second-order valence-electron chi connectivity index (χ2n) is 5.63. The molecule has 26 heavy (non-hydrogen) atoms. The van der Waals surface area contributed by atoms with Crippen molar-refractivity contribution in [3.63, 3.8) is 0 Å². The standard InChI is InChI=1S/C19H13ClN2O3S/c1-2-22-14-8-7-11(20)9-16(14)26-19(22)21-18(24)13-10-25-15-6-4-3-5-12(15)17(13)23/h3-10H,2H2,1H3. The van der Waals surface area contributed by atoms with Crippen molar-refractivity contribution in [3.05, 3.63) is 74.3 Å². The fourth-order valence-electron chi connectivity index (χ4n) is 2.81.